The molecule has 110 valence electrons. The topological polar surface area (TPSA) is 72.1 Å². The predicted molar refractivity (Wildman–Crippen MR) is 84.8 cm³/mol. The minimum absolute atomic E-state index is 0.247. The third-order valence-corrected chi connectivity index (χ3v) is 3.69. The van der Waals surface area contributed by atoms with Crippen LogP contribution in [0.15, 0.2) is 53.3 Å². The number of imidazole rings is 1. The Balaban J connectivity index is 1.66. The number of aromatic nitrogens is 2. The summed E-state index contributed by atoms with van der Waals surface area (Å²) in [5, 5.41) is 0. The van der Waals surface area contributed by atoms with E-state index in [-0.39, 0.29) is 12.4 Å². The van der Waals surface area contributed by atoms with Crippen molar-refractivity contribution in [2.45, 2.75) is 0 Å². The van der Waals surface area contributed by atoms with Crippen LogP contribution in [0.1, 0.15) is 20.7 Å². The molecule has 0 amide bonds. The zero-order valence-electron chi connectivity index (χ0n) is 11.4. The minimum Gasteiger partial charge on any atom is -0.454 e. The maximum absolute atomic E-state index is 12.0. The Morgan fingerprint density at radius 2 is 1.82 bits per heavy atom. The monoisotopic (exact) mass is 358 g/mol. The molecule has 22 heavy (non-hydrogen) atoms. The summed E-state index contributed by atoms with van der Waals surface area (Å²) in [7, 11) is 0. The van der Waals surface area contributed by atoms with Gasteiger partial charge in [0.1, 0.15) is 0 Å². The first-order chi connectivity index (χ1) is 10.6. The lowest BCUT2D eigenvalue weighted by Gasteiger charge is -2.05. The molecule has 0 saturated heterocycles. The molecule has 0 unspecified atom stereocenters. The molecule has 3 rings (SSSR count). The first-order valence-electron chi connectivity index (χ1n) is 6.52. The van der Waals surface area contributed by atoms with Gasteiger partial charge in [-0.3, -0.25) is 4.79 Å². The highest BCUT2D eigenvalue weighted by Gasteiger charge is 2.12. The van der Waals surface area contributed by atoms with Crippen molar-refractivity contribution in [2.75, 3.05) is 6.61 Å². The highest BCUT2D eigenvalue weighted by Crippen LogP contribution is 2.14. The number of benzene rings is 2. The highest BCUT2D eigenvalue weighted by molar-refractivity contribution is 9.10. The van der Waals surface area contributed by atoms with Gasteiger partial charge in [-0.1, -0.05) is 28.1 Å². The molecule has 0 saturated carbocycles. The number of hydrogen-bond donors (Lipinski definition) is 1. The van der Waals surface area contributed by atoms with Crippen LogP contribution in [-0.2, 0) is 4.74 Å². The van der Waals surface area contributed by atoms with Gasteiger partial charge in [0.25, 0.3) is 0 Å². The number of halogens is 1. The van der Waals surface area contributed by atoms with Crippen LogP contribution in [0.3, 0.4) is 0 Å². The third-order valence-electron chi connectivity index (χ3n) is 3.16. The van der Waals surface area contributed by atoms with E-state index in [1.807, 2.05) is 0 Å². The largest absolute Gasteiger partial charge is 0.454 e. The standard InChI is InChI=1S/C16H11BrN2O3/c17-12-4-1-10(2-5-12)15(20)8-22-16(21)11-3-6-13-14(7-11)19-9-18-13/h1-7,9H,8H2,(H,18,19). The van der Waals surface area contributed by atoms with E-state index in [4.69, 9.17) is 4.74 Å². The predicted octanol–water partition coefficient (Wildman–Crippen LogP) is 3.37. The Morgan fingerprint density at radius 1 is 1.09 bits per heavy atom. The molecule has 5 nitrogen and oxygen atoms in total. The van der Waals surface area contributed by atoms with Crippen molar-refractivity contribution in [1.82, 2.24) is 9.97 Å². The Hall–Kier alpha value is -2.47. The maximum Gasteiger partial charge on any atom is 0.338 e. The lowest BCUT2D eigenvalue weighted by Crippen LogP contribution is -2.14. The molecule has 2 aromatic carbocycles. The smallest absolute Gasteiger partial charge is 0.338 e. The molecule has 0 aliphatic heterocycles. The zero-order valence-corrected chi connectivity index (χ0v) is 13.0. The number of aromatic amines is 1. The second-order valence-electron chi connectivity index (χ2n) is 4.64. The van der Waals surface area contributed by atoms with Gasteiger partial charge in [-0.05, 0) is 30.3 Å². The van der Waals surface area contributed by atoms with Crippen LogP contribution in [0.2, 0.25) is 0 Å². The molecule has 0 aliphatic rings. The summed E-state index contributed by atoms with van der Waals surface area (Å²) < 4.78 is 5.95. The summed E-state index contributed by atoms with van der Waals surface area (Å²) in [6, 6.07) is 11.9. The number of Topliss-reactive ketones (excluding diaryl/α,β-unsaturated/α-hetero) is 1. The molecule has 0 atom stereocenters. The summed E-state index contributed by atoms with van der Waals surface area (Å²) in [4.78, 5) is 30.9. The normalized spacial score (nSPS) is 10.6. The Bertz CT molecular complexity index is 840. The summed E-state index contributed by atoms with van der Waals surface area (Å²) in [6.07, 6.45) is 1.55. The van der Waals surface area contributed by atoms with E-state index in [1.165, 1.54) is 0 Å². The SMILES string of the molecule is O=C(COC(=O)c1ccc2nc[nH]c2c1)c1ccc(Br)cc1. The molecular weight excluding hydrogens is 348 g/mol. The quantitative estimate of drug-likeness (QED) is 0.573. The number of carbonyl (C=O) groups is 2. The fourth-order valence-electron chi connectivity index (χ4n) is 2.00. The number of H-pyrrole nitrogens is 1. The van der Waals surface area contributed by atoms with Gasteiger partial charge in [-0.25, -0.2) is 9.78 Å². The van der Waals surface area contributed by atoms with Crippen molar-refractivity contribution in [3.8, 4) is 0 Å². The Labute approximate surface area is 134 Å². The van der Waals surface area contributed by atoms with Gasteiger partial charge >= 0.3 is 5.97 Å². The van der Waals surface area contributed by atoms with Crippen LogP contribution < -0.4 is 0 Å². The van der Waals surface area contributed by atoms with Crippen molar-refractivity contribution in [2.24, 2.45) is 0 Å². The van der Waals surface area contributed by atoms with Crippen LogP contribution in [0, 0.1) is 0 Å². The van der Waals surface area contributed by atoms with Gasteiger partial charge in [-0.2, -0.15) is 0 Å². The fourth-order valence-corrected chi connectivity index (χ4v) is 2.26. The molecule has 3 aromatic rings. The number of ketones is 1. The van der Waals surface area contributed by atoms with Gasteiger partial charge in [0.15, 0.2) is 12.4 Å². The molecule has 6 heteroatoms. The molecule has 1 N–H and O–H groups in total. The number of esters is 1. The van der Waals surface area contributed by atoms with E-state index < -0.39 is 5.97 Å². The third kappa shape index (κ3) is 3.07. The molecular formula is C16H11BrN2O3. The molecule has 1 heterocycles. The average molecular weight is 359 g/mol. The van der Waals surface area contributed by atoms with Gasteiger partial charge in [-0.15, -0.1) is 0 Å². The molecule has 0 fully saturated rings. The van der Waals surface area contributed by atoms with E-state index in [1.54, 1.807) is 48.8 Å². The number of fused-ring (bicyclic) bond motifs is 1. The van der Waals surface area contributed by atoms with Gasteiger partial charge in [0.05, 0.1) is 22.9 Å². The van der Waals surface area contributed by atoms with Crippen molar-refractivity contribution < 1.29 is 14.3 Å². The zero-order chi connectivity index (χ0) is 15.5. The maximum atomic E-state index is 12.0. The van der Waals surface area contributed by atoms with Crippen molar-refractivity contribution >= 4 is 38.7 Å². The summed E-state index contributed by atoms with van der Waals surface area (Å²) in [5.41, 5.74) is 2.39. The second-order valence-corrected chi connectivity index (χ2v) is 5.56. The summed E-state index contributed by atoms with van der Waals surface area (Å²) in [6.45, 7) is -0.290. The van der Waals surface area contributed by atoms with Gasteiger partial charge < -0.3 is 9.72 Å². The van der Waals surface area contributed by atoms with Crippen LogP contribution >= 0.6 is 15.9 Å². The Kier molecular flexibility index (Phi) is 4.02. The Morgan fingerprint density at radius 3 is 2.59 bits per heavy atom. The minimum atomic E-state index is -0.540. The summed E-state index contributed by atoms with van der Waals surface area (Å²) in [5.74, 6) is -0.787. The van der Waals surface area contributed by atoms with Crippen LogP contribution in [0.5, 0.6) is 0 Å². The average Bonchev–Trinajstić information content (AvgIpc) is 3.00. The molecule has 0 radical (unpaired) electrons. The van der Waals surface area contributed by atoms with Crippen LogP contribution in [-0.4, -0.2) is 28.3 Å². The highest BCUT2D eigenvalue weighted by atomic mass is 79.9. The van der Waals surface area contributed by atoms with E-state index in [0.29, 0.717) is 11.1 Å². The van der Waals surface area contributed by atoms with Crippen LogP contribution in [0.4, 0.5) is 0 Å². The number of carbonyl (C=O) groups excluding carboxylic acids is 2. The van der Waals surface area contributed by atoms with Crippen molar-refractivity contribution in [3.63, 3.8) is 0 Å². The van der Waals surface area contributed by atoms with Crippen LogP contribution in [0.25, 0.3) is 11.0 Å². The second kappa shape index (κ2) is 6.11. The first-order valence-corrected chi connectivity index (χ1v) is 7.32. The van der Waals surface area contributed by atoms with E-state index >= 15 is 0 Å². The number of nitrogens with one attached hydrogen (secondary N) is 1. The number of ether oxygens (including phenoxy) is 1. The van der Waals surface area contributed by atoms with Gasteiger partial charge in [0.2, 0.25) is 0 Å². The van der Waals surface area contributed by atoms with Crippen molar-refractivity contribution in [3.05, 3.63) is 64.4 Å². The number of nitrogens with zero attached hydrogens (tertiary/aromatic N) is 1. The molecule has 0 spiro atoms. The van der Waals surface area contributed by atoms with Gasteiger partial charge in [0, 0.05) is 10.0 Å². The molecule has 0 aliphatic carbocycles. The molecule has 0 bridgehead atoms. The fraction of sp³-hybridized carbons (Fsp3) is 0.0625. The number of rotatable bonds is 4. The molecule has 1 aromatic heterocycles. The lowest BCUT2D eigenvalue weighted by atomic mass is 10.1. The number of hydrogen-bond acceptors (Lipinski definition) is 4. The van der Waals surface area contributed by atoms with E-state index in [9.17, 15) is 9.59 Å². The first kappa shape index (κ1) is 14.5. The summed E-state index contributed by atoms with van der Waals surface area (Å²) >= 11 is 3.30. The van der Waals surface area contributed by atoms with E-state index in [2.05, 4.69) is 25.9 Å². The lowest BCUT2D eigenvalue weighted by molar-refractivity contribution is 0.0475. The van der Waals surface area contributed by atoms with E-state index in [0.717, 1.165) is 15.5 Å². The van der Waals surface area contributed by atoms with Crippen molar-refractivity contribution in [1.29, 1.82) is 0 Å².